The third-order valence-electron chi connectivity index (χ3n) is 3.05. The summed E-state index contributed by atoms with van der Waals surface area (Å²) in [6.45, 7) is 4.96. The number of nitrogens with zero attached hydrogens (tertiary/aromatic N) is 3. The lowest BCUT2D eigenvalue weighted by molar-refractivity contribution is 0.559. The third kappa shape index (κ3) is 2.33. The van der Waals surface area contributed by atoms with E-state index in [-0.39, 0.29) is 6.04 Å². The molecule has 0 spiro atoms. The Morgan fingerprint density at radius 1 is 1.50 bits per heavy atom. The van der Waals surface area contributed by atoms with E-state index in [2.05, 4.69) is 44.3 Å². The van der Waals surface area contributed by atoms with Crippen molar-refractivity contribution >= 4 is 15.9 Å². The fourth-order valence-electron chi connectivity index (χ4n) is 2.15. The molecule has 0 bridgehead atoms. The van der Waals surface area contributed by atoms with Crippen LogP contribution < -0.4 is 5.32 Å². The Morgan fingerprint density at radius 2 is 2.28 bits per heavy atom. The Bertz CT molecular complexity index is 536. The molecule has 0 saturated carbocycles. The van der Waals surface area contributed by atoms with E-state index in [1.807, 2.05) is 37.1 Å². The Labute approximate surface area is 116 Å². The van der Waals surface area contributed by atoms with Gasteiger partial charge in [0.1, 0.15) is 0 Å². The number of halogens is 1. The fourth-order valence-corrected chi connectivity index (χ4v) is 2.68. The molecule has 0 aromatic carbocycles. The number of aryl methyl sites for hydroxylation is 2. The van der Waals surface area contributed by atoms with E-state index in [0.29, 0.717) is 0 Å². The van der Waals surface area contributed by atoms with Gasteiger partial charge >= 0.3 is 0 Å². The zero-order chi connectivity index (χ0) is 13.1. The maximum atomic E-state index is 4.37. The van der Waals surface area contributed by atoms with Gasteiger partial charge in [-0.05, 0) is 48.5 Å². The number of pyridine rings is 1. The summed E-state index contributed by atoms with van der Waals surface area (Å²) in [6.07, 6.45) is 3.66. The molecule has 0 fully saturated rings. The lowest BCUT2D eigenvalue weighted by Crippen LogP contribution is -2.23. The van der Waals surface area contributed by atoms with Crippen LogP contribution in [-0.4, -0.2) is 21.8 Å². The van der Waals surface area contributed by atoms with Crippen molar-refractivity contribution in [2.75, 3.05) is 7.05 Å². The maximum Gasteiger partial charge on any atom is 0.0775 e. The van der Waals surface area contributed by atoms with E-state index < -0.39 is 0 Å². The standard InChI is InChI=1S/C13H17BrN4/c1-4-18-13(11(14)8-17-18)12(15-3)10-6-5-7-16-9(10)2/h5-8,12,15H,4H2,1-3H3. The van der Waals surface area contributed by atoms with Crippen LogP contribution in [0, 0.1) is 6.92 Å². The second-order valence-electron chi connectivity index (χ2n) is 4.09. The highest BCUT2D eigenvalue weighted by Crippen LogP contribution is 2.29. The third-order valence-corrected chi connectivity index (χ3v) is 3.66. The van der Waals surface area contributed by atoms with Gasteiger partial charge in [-0.15, -0.1) is 0 Å². The van der Waals surface area contributed by atoms with Crippen molar-refractivity contribution < 1.29 is 0 Å². The predicted molar refractivity (Wildman–Crippen MR) is 75.5 cm³/mol. The molecular weight excluding hydrogens is 292 g/mol. The summed E-state index contributed by atoms with van der Waals surface area (Å²) in [5.74, 6) is 0. The summed E-state index contributed by atoms with van der Waals surface area (Å²) in [5, 5.41) is 7.71. The van der Waals surface area contributed by atoms with Crippen LogP contribution in [0.25, 0.3) is 0 Å². The van der Waals surface area contributed by atoms with Crippen LogP contribution in [0.5, 0.6) is 0 Å². The minimum absolute atomic E-state index is 0.0931. The van der Waals surface area contributed by atoms with E-state index >= 15 is 0 Å². The summed E-state index contributed by atoms with van der Waals surface area (Å²) < 4.78 is 3.02. The number of nitrogens with one attached hydrogen (secondary N) is 1. The molecule has 2 aromatic heterocycles. The van der Waals surface area contributed by atoms with E-state index in [4.69, 9.17) is 0 Å². The summed E-state index contributed by atoms with van der Waals surface area (Å²) in [4.78, 5) is 4.36. The Morgan fingerprint density at radius 3 is 2.89 bits per heavy atom. The SMILES string of the molecule is CCn1ncc(Br)c1C(NC)c1cccnc1C. The van der Waals surface area contributed by atoms with Crippen molar-refractivity contribution in [3.63, 3.8) is 0 Å². The average molecular weight is 309 g/mol. The van der Waals surface area contributed by atoms with Gasteiger partial charge in [0.15, 0.2) is 0 Å². The van der Waals surface area contributed by atoms with Gasteiger partial charge in [0.25, 0.3) is 0 Å². The van der Waals surface area contributed by atoms with Gasteiger partial charge in [-0.2, -0.15) is 5.10 Å². The zero-order valence-electron chi connectivity index (χ0n) is 10.8. The number of aromatic nitrogens is 3. The minimum Gasteiger partial charge on any atom is -0.308 e. The molecule has 0 saturated heterocycles. The van der Waals surface area contributed by atoms with Gasteiger partial charge in [-0.3, -0.25) is 9.67 Å². The first kappa shape index (κ1) is 13.2. The number of rotatable bonds is 4. The number of hydrogen-bond donors (Lipinski definition) is 1. The molecule has 0 aliphatic carbocycles. The summed E-state index contributed by atoms with van der Waals surface area (Å²) in [6, 6.07) is 4.16. The van der Waals surface area contributed by atoms with E-state index in [0.717, 1.165) is 22.4 Å². The van der Waals surface area contributed by atoms with Crippen LogP contribution in [0.2, 0.25) is 0 Å². The molecule has 0 aliphatic rings. The molecule has 18 heavy (non-hydrogen) atoms. The monoisotopic (exact) mass is 308 g/mol. The van der Waals surface area contributed by atoms with Crippen LogP contribution in [0.1, 0.15) is 29.9 Å². The normalized spacial score (nSPS) is 12.7. The lowest BCUT2D eigenvalue weighted by atomic mass is 10.0. The van der Waals surface area contributed by atoms with Gasteiger partial charge in [-0.25, -0.2) is 0 Å². The summed E-state index contributed by atoms with van der Waals surface area (Å²) >= 11 is 3.58. The van der Waals surface area contributed by atoms with E-state index in [1.165, 1.54) is 5.56 Å². The molecule has 1 unspecified atom stereocenters. The van der Waals surface area contributed by atoms with E-state index in [9.17, 15) is 0 Å². The average Bonchev–Trinajstić information content (AvgIpc) is 2.74. The molecule has 2 heterocycles. The summed E-state index contributed by atoms with van der Waals surface area (Å²) in [5.41, 5.74) is 3.35. The van der Waals surface area contributed by atoms with Crippen molar-refractivity contribution in [3.8, 4) is 0 Å². The van der Waals surface area contributed by atoms with Crippen molar-refractivity contribution in [1.29, 1.82) is 0 Å². The van der Waals surface area contributed by atoms with Crippen molar-refractivity contribution in [2.24, 2.45) is 0 Å². The first-order valence-electron chi connectivity index (χ1n) is 5.99. The zero-order valence-corrected chi connectivity index (χ0v) is 12.4. The Kier molecular flexibility index (Phi) is 4.14. The molecule has 5 heteroatoms. The molecule has 96 valence electrons. The predicted octanol–water partition coefficient (Wildman–Crippen LogP) is 2.68. The first-order chi connectivity index (χ1) is 8.69. The van der Waals surface area contributed by atoms with Crippen molar-refractivity contribution in [1.82, 2.24) is 20.1 Å². The second kappa shape index (κ2) is 5.63. The molecule has 1 atom stereocenters. The first-order valence-corrected chi connectivity index (χ1v) is 6.78. The topological polar surface area (TPSA) is 42.7 Å². The highest BCUT2D eigenvalue weighted by molar-refractivity contribution is 9.10. The Hall–Kier alpha value is -1.20. The fraction of sp³-hybridized carbons (Fsp3) is 0.385. The molecule has 2 aromatic rings. The largest absolute Gasteiger partial charge is 0.308 e. The van der Waals surface area contributed by atoms with Crippen molar-refractivity contribution in [2.45, 2.75) is 26.4 Å². The number of hydrogen-bond acceptors (Lipinski definition) is 3. The maximum absolute atomic E-state index is 4.37. The van der Waals surface area contributed by atoms with Gasteiger partial charge in [0, 0.05) is 18.4 Å². The van der Waals surface area contributed by atoms with Crippen LogP contribution in [0.3, 0.4) is 0 Å². The van der Waals surface area contributed by atoms with Crippen LogP contribution >= 0.6 is 15.9 Å². The highest BCUT2D eigenvalue weighted by Gasteiger charge is 2.21. The van der Waals surface area contributed by atoms with E-state index in [1.54, 1.807) is 0 Å². The summed E-state index contributed by atoms with van der Waals surface area (Å²) in [7, 11) is 1.95. The molecule has 4 nitrogen and oxygen atoms in total. The molecule has 1 N–H and O–H groups in total. The smallest absolute Gasteiger partial charge is 0.0775 e. The van der Waals surface area contributed by atoms with Crippen LogP contribution in [0.4, 0.5) is 0 Å². The van der Waals surface area contributed by atoms with Gasteiger partial charge in [0.05, 0.1) is 22.4 Å². The minimum atomic E-state index is 0.0931. The van der Waals surface area contributed by atoms with Crippen LogP contribution in [-0.2, 0) is 6.54 Å². The molecular formula is C13H17BrN4. The van der Waals surface area contributed by atoms with Crippen molar-refractivity contribution in [3.05, 3.63) is 46.0 Å². The quantitative estimate of drug-likeness (QED) is 0.944. The highest BCUT2D eigenvalue weighted by atomic mass is 79.9. The molecule has 0 amide bonds. The van der Waals surface area contributed by atoms with Gasteiger partial charge < -0.3 is 5.32 Å². The second-order valence-corrected chi connectivity index (χ2v) is 4.95. The van der Waals surface area contributed by atoms with Crippen LogP contribution in [0.15, 0.2) is 29.0 Å². The molecule has 2 rings (SSSR count). The van der Waals surface area contributed by atoms with Gasteiger partial charge in [-0.1, -0.05) is 6.07 Å². The lowest BCUT2D eigenvalue weighted by Gasteiger charge is -2.20. The molecule has 0 aliphatic heterocycles. The Balaban J connectivity index is 2.52. The van der Waals surface area contributed by atoms with Gasteiger partial charge in [0.2, 0.25) is 0 Å². The molecule has 0 radical (unpaired) electrons.